The highest BCUT2D eigenvalue weighted by molar-refractivity contribution is 5.71. The second-order valence-corrected chi connectivity index (χ2v) is 24.2. The van der Waals surface area contributed by atoms with Crippen molar-refractivity contribution in [1.82, 2.24) is 0 Å². The molecule has 75 heavy (non-hydrogen) atoms. The van der Waals surface area contributed by atoms with E-state index in [0.29, 0.717) is 17.4 Å². The van der Waals surface area contributed by atoms with Gasteiger partial charge in [0.2, 0.25) is 0 Å². The summed E-state index contributed by atoms with van der Waals surface area (Å²) in [4.78, 5) is 37.3. The minimum Gasteiger partial charge on any atom is -0.477 e. The van der Waals surface area contributed by atoms with Crippen molar-refractivity contribution in [2.75, 3.05) is 47.5 Å². The van der Waals surface area contributed by atoms with Crippen molar-refractivity contribution >= 4 is 17.9 Å². The standard InChI is InChI=1S/C66H129NO8/c1-6-8-10-12-14-16-18-19-20-21-22-23-24-25-26-27-28-29-30-31-32-33-34-35-36-37-38-39-40-41-42-43-44-45-46-47-49-51-53-55-57-64(69)75-62(61-74-66(65(70)71)72-59-58-67(3,4)5)60-73-63(68)56-54-52-50-48-17-15-13-11-9-7-2/h62,66H,6-61H2,1-5H3/p+1. The van der Waals surface area contributed by atoms with E-state index in [2.05, 4.69) is 13.8 Å². The molecule has 9 nitrogen and oxygen atoms in total. The lowest BCUT2D eigenvalue weighted by Gasteiger charge is -2.25. The third kappa shape index (κ3) is 59.8. The van der Waals surface area contributed by atoms with Gasteiger partial charge in [-0.1, -0.05) is 322 Å². The van der Waals surface area contributed by atoms with Crippen LogP contribution in [0.4, 0.5) is 0 Å². The van der Waals surface area contributed by atoms with E-state index >= 15 is 0 Å². The first-order valence-electron chi connectivity index (χ1n) is 33.2. The largest absolute Gasteiger partial charge is 0.477 e. The molecule has 0 amide bonds. The monoisotopic (exact) mass is 1060 g/mol. The van der Waals surface area contributed by atoms with Crippen molar-refractivity contribution < 1.29 is 42.9 Å². The van der Waals surface area contributed by atoms with Gasteiger partial charge < -0.3 is 28.5 Å². The zero-order chi connectivity index (χ0) is 54.8. The van der Waals surface area contributed by atoms with Crippen molar-refractivity contribution in [1.29, 1.82) is 0 Å². The molecule has 0 aromatic heterocycles. The van der Waals surface area contributed by atoms with Gasteiger partial charge in [-0.15, -0.1) is 0 Å². The van der Waals surface area contributed by atoms with E-state index in [1.54, 1.807) is 0 Å². The Bertz CT molecular complexity index is 1190. The summed E-state index contributed by atoms with van der Waals surface area (Å²) in [6, 6.07) is 0. The fourth-order valence-electron chi connectivity index (χ4n) is 10.3. The van der Waals surface area contributed by atoms with Crippen LogP contribution < -0.4 is 0 Å². The number of rotatable bonds is 63. The first-order chi connectivity index (χ1) is 36.6. The maximum Gasteiger partial charge on any atom is 0.361 e. The molecule has 0 saturated heterocycles. The highest BCUT2D eigenvalue weighted by atomic mass is 16.7. The topological polar surface area (TPSA) is 108 Å². The molecule has 0 rings (SSSR count). The first-order valence-corrected chi connectivity index (χ1v) is 33.2. The third-order valence-electron chi connectivity index (χ3n) is 15.4. The quantitative estimate of drug-likeness (QED) is 0.0278. The number of nitrogens with zero attached hydrogens (tertiary/aromatic N) is 1. The van der Waals surface area contributed by atoms with E-state index < -0.39 is 18.4 Å². The van der Waals surface area contributed by atoms with Gasteiger partial charge in [0.15, 0.2) is 6.10 Å². The molecule has 0 aromatic rings. The van der Waals surface area contributed by atoms with Crippen LogP contribution in [0.3, 0.4) is 0 Å². The number of hydrogen-bond donors (Lipinski definition) is 1. The summed E-state index contributed by atoms with van der Waals surface area (Å²) >= 11 is 0. The third-order valence-corrected chi connectivity index (χ3v) is 15.4. The zero-order valence-electron chi connectivity index (χ0n) is 51.0. The highest BCUT2D eigenvalue weighted by Crippen LogP contribution is 2.19. The zero-order valence-corrected chi connectivity index (χ0v) is 51.0. The molecule has 0 aliphatic rings. The Morgan fingerprint density at radius 1 is 0.347 bits per heavy atom. The Kier molecular flexibility index (Phi) is 57.1. The van der Waals surface area contributed by atoms with Gasteiger partial charge in [0.25, 0.3) is 6.29 Å². The molecule has 0 spiro atoms. The van der Waals surface area contributed by atoms with Crippen LogP contribution in [-0.2, 0) is 33.3 Å². The number of aliphatic carboxylic acids is 1. The molecule has 2 atom stereocenters. The molecule has 0 aliphatic heterocycles. The number of carboxylic acid groups (broad SMARTS) is 1. The van der Waals surface area contributed by atoms with Crippen molar-refractivity contribution in [2.45, 2.75) is 360 Å². The van der Waals surface area contributed by atoms with E-state index in [1.165, 1.54) is 283 Å². The number of hydrogen-bond acceptors (Lipinski definition) is 7. The molecule has 0 heterocycles. The summed E-state index contributed by atoms with van der Waals surface area (Å²) < 4.78 is 22.8. The van der Waals surface area contributed by atoms with Crippen LogP contribution >= 0.6 is 0 Å². The molecule has 0 saturated carbocycles. The predicted molar refractivity (Wildman–Crippen MR) is 318 cm³/mol. The van der Waals surface area contributed by atoms with Gasteiger partial charge in [-0.05, 0) is 12.8 Å². The summed E-state index contributed by atoms with van der Waals surface area (Å²) in [5.41, 5.74) is 0. The summed E-state index contributed by atoms with van der Waals surface area (Å²) in [7, 11) is 5.98. The second kappa shape index (κ2) is 58.4. The summed E-state index contributed by atoms with van der Waals surface area (Å²) in [6.07, 6.45) is 65.4. The average Bonchev–Trinajstić information content (AvgIpc) is 3.38. The average molecular weight is 1070 g/mol. The lowest BCUT2D eigenvalue weighted by atomic mass is 10.0. The fourth-order valence-corrected chi connectivity index (χ4v) is 10.3. The number of esters is 2. The lowest BCUT2D eigenvalue weighted by molar-refractivity contribution is -0.870. The normalized spacial score (nSPS) is 12.6. The van der Waals surface area contributed by atoms with Gasteiger partial charge in [0, 0.05) is 12.8 Å². The van der Waals surface area contributed by atoms with Crippen LogP contribution in [-0.4, -0.2) is 87.4 Å². The van der Waals surface area contributed by atoms with E-state index in [1.807, 2.05) is 21.1 Å². The van der Waals surface area contributed by atoms with Gasteiger partial charge in [-0.3, -0.25) is 9.59 Å². The molecule has 9 heteroatoms. The van der Waals surface area contributed by atoms with Crippen molar-refractivity contribution in [3.8, 4) is 0 Å². The Morgan fingerprint density at radius 2 is 0.600 bits per heavy atom. The Balaban J connectivity index is 3.80. The maximum atomic E-state index is 12.9. The number of carboxylic acids is 1. The van der Waals surface area contributed by atoms with Gasteiger partial charge in [-0.2, -0.15) is 0 Å². The second-order valence-electron chi connectivity index (χ2n) is 24.2. The van der Waals surface area contributed by atoms with Crippen LogP contribution in [0.5, 0.6) is 0 Å². The number of unbranched alkanes of at least 4 members (excludes halogenated alkanes) is 48. The molecule has 0 aromatic carbocycles. The first kappa shape index (κ1) is 73.3. The van der Waals surface area contributed by atoms with Crippen LogP contribution in [0, 0.1) is 0 Å². The molecule has 0 aliphatic carbocycles. The lowest BCUT2D eigenvalue weighted by Crippen LogP contribution is -2.40. The van der Waals surface area contributed by atoms with Gasteiger partial charge in [-0.25, -0.2) is 4.79 Å². The summed E-state index contributed by atoms with van der Waals surface area (Å²) in [5, 5.41) is 9.68. The van der Waals surface area contributed by atoms with E-state index in [9.17, 15) is 19.5 Å². The molecular formula is C66H130NO8+. The maximum absolute atomic E-state index is 12.9. The molecule has 2 unspecified atom stereocenters. The number of ether oxygens (including phenoxy) is 4. The minimum atomic E-state index is -1.50. The molecule has 0 fully saturated rings. The van der Waals surface area contributed by atoms with Crippen LogP contribution in [0.15, 0.2) is 0 Å². The van der Waals surface area contributed by atoms with Crippen LogP contribution in [0.1, 0.15) is 348 Å². The Labute approximate surface area is 466 Å². The van der Waals surface area contributed by atoms with Gasteiger partial charge >= 0.3 is 17.9 Å². The number of quaternary nitrogens is 1. The predicted octanol–water partition coefficient (Wildman–Crippen LogP) is 19.9. The molecule has 0 bridgehead atoms. The smallest absolute Gasteiger partial charge is 0.361 e. The Morgan fingerprint density at radius 3 is 0.853 bits per heavy atom. The minimum absolute atomic E-state index is 0.173. The molecule has 446 valence electrons. The number of carbonyl (C=O) groups is 3. The van der Waals surface area contributed by atoms with Gasteiger partial charge in [0.1, 0.15) is 13.2 Å². The molecule has 1 N–H and O–H groups in total. The number of carbonyl (C=O) groups excluding carboxylic acids is 2. The van der Waals surface area contributed by atoms with Crippen molar-refractivity contribution in [3.05, 3.63) is 0 Å². The van der Waals surface area contributed by atoms with Crippen molar-refractivity contribution in [2.24, 2.45) is 0 Å². The van der Waals surface area contributed by atoms with E-state index in [0.717, 1.165) is 38.5 Å². The fraction of sp³-hybridized carbons (Fsp3) is 0.955. The number of likely N-dealkylation sites (N-methyl/N-ethyl adjacent to an activating group) is 1. The highest BCUT2D eigenvalue weighted by Gasteiger charge is 2.25. The summed E-state index contributed by atoms with van der Waals surface area (Å²) in [6.45, 7) is 4.92. The van der Waals surface area contributed by atoms with Crippen molar-refractivity contribution in [3.63, 3.8) is 0 Å². The van der Waals surface area contributed by atoms with Crippen LogP contribution in [0.2, 0.25) is 0 Å². The van der Waals surface area contributed by atoms with E-state index in [-0.39, 0.29) is 38.2 Å². The molecular weight excluding hydrogens is 935 g/mol. The van der Waals surface area contributed by atoms with Gasteiger partial charge in [0.05, 0.1) is 34.4 Å². The molecule has 0 radical (unpaired) electrons. The van der Waals surface area contributed by atoms with Crippen LogP contribution in [0.25, 0.3) is 0 Å². The van der Waals surface area contributed by atoms with E-state index in [4.69, 9.17) is 18.9 Å². The Hall–Kier alpha value is -1.71. The SMILES string of the molecule is CCCCCCCCCCCCCCCCCCCCCCCCCCCCCCCCCCCCCCCCCCC(=O)OC(COC(=O)CCCCCCCCCCCC)COC(OCC[N+](C)(C)C)C(=O)O. The summed E-state index contributed by atoms with van der Waals surface area (Å²) in [5.74, 6) is -1.98.